The van der Waals surface area contributed by atoms with E-state index in [0.717, 1.165) is 12.8 Å². The zero-order valence-corrected chi connectivity index (χ0v) is 24.7. The van der Waals surface area contributed by atoms with Gasteiger partial charge in [0.05, 0.1) is 13.3 Å². The molecule has 2 heterocycles. The zero-order chi connectivity index (χ0) is 30.7. The van der Waals surface area contributed by atoms with Crippen molar-refractivity contribution in [1.29, 1.82) is 0 Å². The Morgan fingerprint density at radius 2 is 2.00 bits per heavy atom. The number of allylic oxidation sites excluding steroid dienone is 1. The van der Waals surface area contributed by atoms with Crippen molar-refractivity contribution < 1.29 is 23.9 Å². The molecule has 2 saturated carbocycles. The van der Waals surface area contributed by atoms with Gasteiger partial charge in [0.1, 0.15) is 24.0 Å². The van der Waals surface area contributed by atoms with Crippen LogP contribution in [0.4, 0.5) is 5.69 Å². The van der Waals surface area contributed by atoms with E-state index in [9.17, 15) is 24.0 Å². The van der Waals surface area contributed by atoms with Crippen molar-refractivity contribution >= 4 is 29.4 Å². The molecule has 0 aromatic carbocycles. The van der Waals surface area contributed by atoms with Crippen molar-refractivity contribution in [3.63, 3.8) is 0 Å². The second kappa shape index (κ2) is 12.3. The lowest BCUT2D eigenvalue weighted by Gasteiger charge is -2.39. The summed E-state index contributed by atoms with van der Waals surface area (Å²) < 4.78 is 7.08. The normalized spacial score (nSPS) is 23.0. The number of pyridine rings is 1. The number of hydrogen-bond donors (Lipinski definition) is 3. The van der Waals surface area contributed by atoms with E-state index in [1.807, 2.05) is 0 Å². The minimum atomic E-state index is -1.06. The van der Waals surface area contributed by atoms with E-state index in [2.05, 4.69) is 51.8 Å². The smallest absolute Gasteiger partial charge is 0.330 e. The van der Waals surface area contributed by atoms with Crippen molar-refractivity contribution in [1.82, 2.24) is 30.2 Å². The summed E-state index contributed by atoms with van der Waals surface area (Å²) >= 11 is 0. The number of hydrogen-bond acceptors (Lipinski definition) is 8. The van der Waals surface area contributed by atoms with E-state index < -0.39 is 29.4 Å². The van der Waals surface area contributed by atoms with Gasteiger partial charge in [-0.2, -0.15) is 0 Å². The molecular weight excluding hydrogens is 542 g/mol. The Hall–Kier alpha value is -4.29. The number of aryl methyl sites for hydroxylation is 1. The molecule has 42 heavy (non-hydrogen) atoms. The van der Waals surface area contributed by atoms with Gasteiger partial charge in [-0.3, -0.25) is 19.2 Å². The molecule has 2 unspecified atom stereocenters. The van der Waals surface area contributed by atoms with Crippen LogP contribution in [0.2, 0.25) is 0 Å². The van der Waals surface area contributed by atoms with Crippen LogP contribution in [0, 0.1) is 16.7 Å². The quantitative estimate of drug-likeness (QED) is 0.266. The number of methoxy groups -OCH3 is 1. The maximum atomic E-state index is 13.3. The molecule has 13 heteroatoms. The zero-order valence-electron chi connectivity index (χ0n) is 24.7. The first-order valence-electron chi connectivity index (χ1n) is 14.1. The third-order valence-corrected chi connectivity index (χ3v) is 9.37. The predicted octanol–water partition coefficient (Wildman–Crippen LogP) is 1.55. The predicted molar refractivity (Wildman–Crippen MR) is 153 cm³/mol. The van der Waals surface area contributed by atoms with Crippen molar-refractivity contribution in [3.8, 4) is 0 Å². The van der Waals surface area contributed by atoms with E-state index >= 15 is 0 Å². The SMILES string of the molecule is COC(=O)/C=C/CC[C@H](NC(=O)c1cnnn1C)C(=O)Nc1cccn(CC(=O)NC2CC3CC[C@]2(C)C3(C)C)c1=O. The van der Waals surface area contributed by atoms with Gasteiger partial charge in [0.2, 0.25) is 11.8 Å². The topological polar surface area (TPSA) is 166 Å². The van der Waals surface area contributed by atoms with E-state index in [1.165, 1.54) is 60.4 Å². The molecule has 2 bridgehead atoms. The molecule has 2 aromatic rings. The fraction of sp³-hybridized carbons (Fsp3) is 0.552. The van der Waals surface area contributed by atoms with Gasteiger partial charge in [0, 0.05) is 25.4 Å². The third kappa shape index (κ3) is 6.14. The Labute approximate surface area is 244 Å². The molecule has 2 aromatic heterocycles. The number of ether oxygens (including phenoxy) is 1. The molecule has 0 radical (unpaired) electrons. The van der Waals surface area contributed by atoms with E-state index in [0.29, 0.717) is 5.92 Å². The molecule has 3 N–H and O–H groups in total. The maximum absolute atomic E-state index is 13.3. The van der Waals surface area contributed by atoms with Crippen LogP contribution in [0.25, 0.3) is 0 Å². The lowest BCUT2D eigenvalue weighted by atomic mass is 9.69. The Bertz CT molecular complexity index is 1440. The van der Waals surface area contributed by atoms with Crippen LogP contribution in [-0.2, 0) is 32.7 Å². The number of anilines is 1. The fourth-order valence-electron chi connectivity index (χ4n) is 6.30. The summed E-state index contributed by atoms with van der Waals surface area (Å²) in [5, 5.41) is 15.8. The summed E-state index contributed by atoms with van der Waals surface area (Å²) in [5.41, 5.74) is -0.300. The van der Waals surface area contributed by atoms with E-state index in [1.54, 1.807) is 6.07 Å². The summed E-state index contributed by atoms with van der Waals surface area (Å²) in [6.07, 6.45) is 9.04. The number of esters is 1. The highest BCUT2D eigenvalue weighted by Gasteiger charge is 2.61. The second-order valence-electron chi connectivity index (χ2n) is 11.8. The standard InChI is InChI=1S/C29H39N7O6/c1-28(2)18-12-13-29(28,3)22(15-18)33-23(37)17-36-14-8-10-20(27(36)41)32-25(39)19(9-6-7-11-24(38)42-5)31-26(40)21-16-30-34-35(21)4/h7-8,10-11,14,16,18-19,22H,6,9,12-13,15,17H2,1-5H3,(H,31,40)(H,32,39)(H,33,37)/b11-7+/t18?,19-,22?,29-/m0/s1. The molecule has 3 amide bonds. The highest BCUT2D eigenvalue weighted by Crippen LogP contribution is 2.65. The summed E-state index contributed by atoms with van der Waals surface area (Å²) in [6.45, 7) is 6.59. The number of fused-ring (bicyclic) bond motifs is 2. The Morgan fingerprint density at radius 3 is 2.62 bits per heavy atom. The number of amides is 3. The molecule has 2 aliphatic rings. The minimum Gasteiger partial charge on any atom is -0.466 e. The van der Waals surface area contributed by atoms with Gasteiger partial charge in [-0.05, 0) is 61.0 Å². The Kier molecular flexibility index (Phi) is 8.97. The molecule has 13 nitrogen and oxygen atoms in total. The first-order valence-corrected chi connectivity index (χ1v) is 14.1. The number of carbonyl (C=O) groups excluding carboxylic acids is 4. The van der Waals surface area contributed by atoms with Gasteiger partial charge < -0.3 is 25.3 Å². The van der Waals surface area contributed by atoms with Gasteiger partial charge in [-0.25, -0.2) is 9.48 Å². The van der Waals surface area contributed by atoms with E-state index in [4.69, 9.17) is 0 Å². The molecule has 4 atom stereocenters. The molecule has 226 valence electrons. The molecule has 4 rings (SSSR count). The van der Waals surface area contributed by atoms with Gasteiger partial charge in [0.15, 0.2) is 0 Å². The highest BCUT2D eigenvalue weighted by atomic mass is 16.5. The fourth-order valence-corrected chi connectivity index (χ4v) is 6.30. The third-order valence-electron chi connectivity index (χ3n) is 9.37. The molecule has 0 spiro atoms. The number of nitrogens with zero attached hydrogens (tertiary/aromatic N) is 4. The van der Waals surface area contributed by atoms with Crippen LogP contribution in [0.15, 0.2) is 41.5 Å². The summed E-state index contributed by atoms with van der Waals surface area (Å²) in [4.78, 5) is 63.7. The summed E-state index contributed by atoms with van der Waals surface area (Å²) in [5.74, 6) is -1.47. The highest BCUT2D eigenvalue weighted by molar-refractivity contribution is 6.00. The van der Waals surface area contributed by atoms with Crippen LogP contribution in [0.5, 0.6) is 0 Å². The van der Waals surface area contributed by atoms with E-state index in [-0.39, 0.29) is 53.5 Å². The summed E-state index contributed by atoms with van der Waals surface area (Å²) in [7, 11) is 2.79. The molecule has 0 aliphatic heterocycles. The van der Waals surface area contributed by atoms with Crippen LogP contribution in [-0.4, -0.2) is 62.4 Å². The first-order chi connectivity index (χ1) is 19.9. The second-order valence-corrected chi connectivity index (χ2v) is 11.8. The van der Waals surface area contributed by atoms with Gasteiger partial charge in [0.25, 0.3) is 11.5 Å². The molecular formula is C29H39N7O6. The van der Waals surface area contributed by atoms with Crippen molar-refractivity contribution in [2.45, 2.75) is 71.5 Å². The average Bonchev–Trinajstić information content (AvgIpc) is 3.53. The largest absolute Gasteiger partial charge is 0.466 e. The van der Waals surface area contributed by atoms with Crippen molar-refractivity contribution in [3.05, 3.63) is 52.7 Å². The van der Waals surface area contributed by atoms with Gasteiger partial charge >= 0.3 is 5.97 Å². The molecule has 2 aliphatic carbocycles. The Balaban J connectivity index is 1.43. The van der Waals surface area contributed by atoms with Crippen LogP contribution < -0.4 is 21.5 Å². The van der Waals surface area contributed by atoms with Gasteiger partial charge in [-0.15, -0.1) is 5.10 Å². The Morgan fingerprint density at radius 1 is 1.24 bits per heavy atom. The monoisotopic (exact) mass is 581 g/mol. The minimum absolute atomic E-state index is 0.00510. The van der Waals surface area contributed by atoms with Crippen molar-refractivity contribution in [2.24, 2.45) is 23.8 Å². The lowest BCUT2D eigenvalue weighted by Crippen LogP contribution is -2.48. The number of rotatable bonds is 11. The summed E-state index contributed by atoms with van der Waals surface area (Å²) in [6, 6.07) is 1.99. The lowest BCUT2D eigenvalue weighted by molar-refractivity contribution is -0.134. The first kappa shape index (κ1) is 30.7. The molecule has 0 saturated heterocycles. The van der Waals surface area contributed by atoms with Crippen molar-refractivity contribution in [2.75, 3.05) is 12.4 Å². The average molecular weight is 582 g/mol. The number of nitrogens with one attached hydrogen (secondary N) is 3. The number of aromatic nitrogens is 4. The maximum Gasteiger partial charge on any atom is 0.330 e. The van der Waals surface area contributed by atoms with Crippen LogP contribution >= 0.6 is 0 Å². The van der Waals surface area contributed by atoms with Gasteiger partial charge in [-0.1, -0.05) is 32.1 Å². The van der Waals surface area contributed by atoms with Crippen LogP contribution in [0.3, 0.4) is 0 Å². The molecule has 2 fully saturated rings. The number of carbonyl (C=O) groups is 4. The van der Waals surface area contributed by atoms with Crippen LogP contribution in [0.1, 0.15) is 63.4 Å².